The maximum atomic E-state index is 3.26. The van der Waals surface area contributed by atoms with Gasteiger partial charge < -0.3 is 0 Å². The van der Waals surface area contributed by atoms with Crippen molar-refractivity contribution in [2.24, 2.45) is 0 Å². The van der Waals surface area contributed by atoms with E-state index in [1.165, 1.54) is 61.6 Å². The number of hydrogen-bond acceptors (Lipinski definition) is 0. The largest absolute Gasteiger partial charge is 0.101 e. The molecule has 0 saturated heterocycles. The van der Waals surface area contributed by atoms with Crippen LogP contribution in [0, 0.1) is 23.7 Å². The van der Waals surface area contributed by atoms with Crippen LogP contribution in [0.5, 0.6) is 0 Å². The van der Waals surface area contributed by atoms with Gasteiger partial charge in [0.25, 0.3) is 0 Å². The highest BCUT2D eigenvalue weighted by atomic mass is 14.0. The normalized spacial score (nSPS) is 10.0. The molecule has 0 aliphatic heterocycles. The van der Waals surface area contributed by atoms with Crippen LogP contribution >= 0.6 is 0 Å². The van der Waals surface area contributed by atoms with Gasteiger partial charge in [-0.2, -0.15) is 0 Å². The van der Waals surface area contributed by atoms with Crippen molar-refractivity contribution in [1.29, 1.82) is 0 Å². The quantitative estimate of drug-likeness (QED) is 0.263. The Balaban J connectivity index is 1.54. The van der Waals surface area contributed by atoms with Gasteiger partial charge in [-0.15, -0.1) is 5.92 Å². The lowest BCUT2D eigenvalue weighted by Gasteiger charge is -2.05. The molecule has 0 unspecified atom stereocenters. The number of rotatable bonds is 8. The van der Waals surface area contributed by atoms with Crippen LogP contribution in [0.1, 0.15) is 74.6 Å². The molecule has 0 aliphatic rings. The van der Waals surface area contributed by atoms with Crippen molar-refractivity contribution in [2.75, 3.05) is 0 Å². The van der Waals surface area contributed by atoms with E-state index < -0.39 is 0 Å². The first-order chi connectivity index (χ1) is 15.3. The summed E-state index contributed by atoms with van der Waals surface area (Å²) in [5.74, 6) is 12.5. The third-order valence-electron chi connectivity index (χ3n) is 5.50. The van der Waals surface area contributed by atoms with E-state index in [2.05, 4.69) is 79.1 Å². The van der Waals surface area contributed by atoms with Gasteiger partial charge in [-0.3, -0.25) is 0 Å². The highest BCUT2D eigenvalue weighted by molar-refractivity contribution is 5.64. The zero-order valence-electron chi connectivity index (χ0n) is 18.9. The SMILES string of the molecule is CC#Cc1ccc(C#Cc2ccc(-c3ccc(CCCCCCCC)cc3)cc2)cc1. The predicted octanol–water partition coefficient (Wildman–Crippen LogP) is 8.03. The molecule has 0 nitrogen and oxygen atoms in total. The second-order valence-electron chi connectivity index (χ2n) is 7.99. The lowest BCUT2D eigenvalue weighted by Crippen LogP contribution is -1.87. The van der Waals surface area contributed by atoms with Gasteiger partial charge in [-0.1, -0.05) is 93.2 Å². The van der Waals surface area contributed by atoms with E-state index in [0.29, 0.717) is 0 Å². The Morgan fingerprint density at radius 3 is 1.52 bits per heavy atom. The molecule has 3 aromatic rings. The van der Waals surface area contributed by atoms with Crippen molar-refractivity contribution in [3.05, 3.63) is 95.1 Å². The van der Waals surface area contributed by atoms with Crippen LogP contribution in [0.2, 0.25) is 0 Å². The first kappa shape index (κ1) is 22.5. The van der Waals surface area contributed by atoms with Crippen LogP contribution in [-0.2, 0) is 6.42 Å². The fourth-order valence-electron chi connectivity index (χ4n) is 3.64. The minimum absolute atomic E-state index is 1.01. The van der Waals surface area contributed by atoms with Crippen LogP contribution in [0.3, 0.4) is 0 Å². The van der Waals surface area contributed by atoms with E-state index in [-0.39, 0.29) is 0 Å². The molecular weight excluding hydrogens is 372 g/mol. The van der Waals surface area contributed by atoms with E-state index in [4.69, 9.17) is 0 Å². The van der Waals surface area contributed by atoms with Crippen LogP contribution in [0.15, 0.2) is 72.8 Å². The van der Waals surface area contributed by atoms with Crippen LogP contribution in [0.4, 0.5) is 0 Å². The van der Waals surface area contributed by atoms with E-state index in [1.54, 1.807) is 0 Å². The lowest BCUT2D eigenvalue weighted by atomic mass is 10.00. The van der Waals surface area contributed by atoms with Gasteiger partial charge in [0.1, 0.15) is 0 Å². The van der Waals surface area contributed by atoms with Gasteiger partial charge in [-0.25, -0.2) is 0 Å². The molecule has 0 aliphatic carbocycles. The maximum Gasteiger partial charge on any atom is 0.0249 e. The van der Waals surface area contributed by atoms with Gasteiger partial charge >= 0.3 is 0 Å². The molecule has 0 N–H and O–H groups in total. The smallest absolute Gasteiger partial charge is 0.0249 e. The summed E-state index contributed by atoms with van der Waals surface area (Å²) in [4.78, 5) is 0. The van der Waals surface area contributed by atoms with Gasteiger partial charge in [0.15, 0.2) is 0 Å². The van der Waals surface area contributed by atoms with E-state index in [0.717, 1.165) is 16.7 Å². The molecule has 0 fully saturated rings. The molecule has 0 heterocycles. The Kier molecular flexibility index (Phi) is 9.04. The molecular formula is C31H32. The van der Waals surface area contributed by atoms with Gasteiger partial charge in [0.05, 0.1) is 0 Å². The fraction of sp³-hybridized carbons (Fsp3) is 0.290. The number of unbranched alkanes of at least 4 members (excludes halogenated alkanes) is 5. The molecule has 0 spiro atoms. The van der Waals surface area contributed by atoms with Crippen molar-refractivity contribution >= 4 is 0 Å². The molecule has 0 amide bonds. The third kappa shape index (κ3) is 7.51. The molecule has 0 bridgehead atoms. The van der Waals surface area contributed by atoms with Gasteiger partial charge in [-0.05, 0) is 72.9 Å². The Labute approximate surface area is 188 Å². The van der Waals surface area contributed by atoms with Crippen molar-refractivity contribution in [3.63, 3.8) is 0 Å². The summed E-state index contributed by atoms with van der Waals surface area (Å²) in [6.07, 6.45) is 9.29. The van der Waals surface area contributed by atoms with Crippen LogP contribution < -0.4 is 0 Å². The highest BCUT2D eigenvalue weighted by Crippen LogP contribution is 2.21. The standard InChI is InChI=1S/C31H32/c1-3-5-6-7-8-9-11-27-18-22-30(23-19-27)31-24-20-29(21-25-31)17-16-28-14-12-26(10-4-2)13-15-28/h12-15,18-25H,3,5-9,11H2,1-2H3. The predicted molar refractivity (Wildman–Crippen MR) is 134 cm³/mol. The van der Waals surface area contributed by atoms with Crippen molar-refractivity contribution in [3.8, 4) is 34.8 Å². The molecule has 0 heteroatoms. The minimum Gasteiger partial charge on any atom is -0.101 e. The number of hydrogen-bond donors (Lipinski definition) is 0. The summed E-state index contributed by atoms with van der Waals surface area (Å²) in [5, 5.41) is 0. The Hall–Kier alpha value is -3.22. The first-order valence-electron chi connectivity index (χ1n) is 11.5. The van der Waals surface area contributed by atoms with Crippen LogP contribution in [0.25, 0.3) is 11.1 Å². The topological polar surface area (TPSA) is 0 Å². The molecule has 3 aromatic carbocycles. The monoisotopic (exact) mass is 404 g/mol. The second kappa shape index (κ2) is 12.5. The molecule has 0 aromatic heterocycles. The molecule has 0 saturated carbocycles. The molecule has 156 valence electrons. The Bertz CT molecular complexity index is 1040. The second-order valence-corrected chi connectivity index (χ2v) is 7.99. The molecule has 0 atom stereocenters. The van der Waals surface area contributed by atoms with E-state index in [9.17, 15) is 0 Å². The average Bonchev–Trinajstić information content (AvgIpc) is 2.82. The van der Waals surface area contributed by atoms with Crippen molar-refractivity contribution in [2.45, 2.75) is 58.8 Å². The van der Waals surface area contributed by atoms with Gasteiger partial charge in [0, 0.05) is 16.7 Å². The number of aryl methyl sites for hydroxylation is 1. The summed E-state index contributed by atoms with van der Waals surface area (Å²) < 4.78 is 0. The maximum absolute atomic E-state index is 3.26. The molecule has 31 heavy (non-hydrogen) atoms. The third-order valence-corrected chi connectivity index (χ3v) is 5.50. The van der Waals surface area contributed by atoms with Crippen molar-refractivity contribution < 1.29 is 0 Å². The minimum atomic E-state index is 1.01. The summed E-state index contributed by atoms with van der Waals surface area (Å²) in [7, 11) is 0. The Morgan fingerprint density at radius 1 is 0.516 bits per heavy atom. The summed E-state index contributed by atoms with van der Waals surface area (Å²) in [5.41, 5.74) is 7.00. The van der Waals surface area contributed by atoms with E-state index in [1.807, 2.05) is 31.2 Å². The zero-order valence-corrected chi connectivity index (χ0v) is 18.9. The summed E-state index contributed by atoms with van der Waals surface area (Å²) >= 11 is 0. The Morgan fingerprint density at radius 2 is 0.968 bits per heavy atom. The van der Waals surface area contributed by atoms with E-state index >= 15 is 0 Å². The van der Waals surface area contributed by atoms with Gasteiger partial charge in [0.2, 0.25) is 0 Å². The first-order valence-corrected chi connectivity index (χ1v) is 11.5. The average molecular weight is 405 g/mol. The van der Waals surface area contributed by atoms with Crippen LogP contribution in [-0.4, -0.2) is 0 Å². The lowest BCUT2D eigenvalue weighted by molar-refractivity contribution is 0.607. The highest BCUT2D eigenvalue weighted by Gasteiger charge is 1.99. The molecule has 0 radical (unpaired) electrons. The summed E-state index contributed by atoms with van der Waals surface area (Å²) in [6.45, 7) is 4.12. The summed E-state index contributed by atoms with van der Waals surface area (Å²) in [6, 6.07) is 25.6. The number of benzene rings is 3. The van der Waals surface area contributed by atoms with Crippen molar-refractivity contribution in [1.82, 2.24) is 0 Å². The molecule has 3 rings (SSSR count). The zero-order chi connectivity index (χ0) is 21.7. The fourth-order valence-corrected chi connectivity index (χ4v) is 3.64.